The van der Waals surface area contributed by atoms with E-state index < -0.39 is 22.1 Å². The SMILES string of the molecule is COc1ccc(NS(=O)(=O)c2cc(C(=O)O[C@@H](C)C(=O)N3CCOCC3)ccc2Cl)cc1. The van der Waals surface area contributed by atoms with Crippen LogP contribution in [0.1, 0.15) is 17.3 Å². The number of methoxy groups -OCH3 is 1. The number of esters is 1. The lowest BCUT2D eigenvalue weighted by atomic mass is 10.2. The molecule has 1 atom stereocenters. The van der Waals surface area contributed by atoms with Gasteiger partial charge in [-0.3, -0.25) is 9.52 Å². The quantitative estimate of drug-likeness (QED) is 0.603. The first kappa shape index (κ1) is 23.8. The monoisotopic (exact) mass is 482 g/mol. The van der Waals surface area contributed by atoms with Crippen molar-refractivity contribution in [2.75, 3.05) is 38.1 Å². The lowest BCUT2D eigenvalue weighted by molar-refractivity contribution is -0.143. The summed E-state index contributed by atoms with van der Waals surface area (Å²) in [6, 6.07) is 9.99. The molecule has 1 heterocycles. The number of rotatable bonds is 7. The molecule has 3 rings (SSSR count). The normalized spacial score (nSPS) is 15.0. The standard InChI is InChI=1S/C21H23ClN2O7S/c1-14(20(25)24-9-11-30-12-10-24)31-21(26)15-3-8-18(22)19(13-15)32(27,28)23-16-4-6-17(29-2)7-5-16/h3-8,13-14,23H,9-12H2,1-2H3/t14-/m0/s1. The van der Waals surface area contributed by atoms with Crippen LogP contribution in [0, 0.1) is 0 Å². The van der Waals surface area contributed by atoms with Gasteiger partial charge in [-0.1, -0.05) is 11.6 Å². The van der Waals surface area contributed by atoms with Gasteiger partial charge in [-0.25, -0.2) is 13.2 Å². The molecule has 0 aromatic heterocycles. The molecular weight excluding hydrogens is 460 g/mol. The number of hydrogen-bond donors (Lipinski definition) is 1. The maximum absolute atomic E-state index is 12.8. The summed E-state index contributed by atoms with van der Waals surface area (Å²) < 4.78 is 43.6. The molecule has 2 aromatic carbocycles. The van der Waals surface area contributed by atoms with Gasteiger partial charge in [-0.2, -0.15) is 0 Å². The van der Waals surface area contributed by atoms with Gasteiger partial charge in [-0.15, -0.1) is 0 Å². The maximum Gasteiger partial charge on any atom is 0.338 e. The number of halogens is 1. The number of nitrogens with one attached hydrogen (secondary N) is 1. The number of carbonyl (C=O) groups excluding carboxylic acids is 2. The Morgan fingerprint density at radius 3 is 2.41 bits per heavy atom. The van der Waals surface area contributed by atoms with E-state index in [9.17, 15) is 18.0 Å². The average molecular weight is 483 g/mol. The van der Waals surface area contributed by atoms with E-state index in [0.29, 0.717) is 37.7 Å². The number of amides is 1. The smallest absolute Gasteiger partial charge is 0.338 e. The fourth-order valence-corrected chi connectivity index (χ4v) is 4.61. The second-order valence-corrected chi connectivity index (χ2v) is 9.02. The Kier molecular flexibility index (Phi) is 7.60. The van der Waals surface area contributed by atoms with E-state index in [0.717, 1.165) is 6.07 Å². The largest absolute Gasteiger partial charge is 0.497 e. The number of anilines is 1. The first-order chi connectivity index (χ1) is 15.2. The Morgan fingerprint density at radius 1 is 1.12 bits per heavy atom. The van der Waals surface area contributed by atoms with Gasteiger partial charge in [0.25, 0.3) is 15.9 Å². The van der Waals surface area contributed by atoms with Crippen molar-refractivity contribution in [3.8, 4) is 5.75 Å². The number of benzene rings is 2. The third-order valence-electron chi connectivity index (χ3n) is 4.75. The zero-order valence-corrected chi connectivity index (χ0v) is 19.1. The Balaban J connectivity index is 1.74. The number of nitrogens with zero attached hydrogens (tertiary/aromatic N) is 1. The maximum atomic E-state index is 12.8. The zero-order valence-electron chi connectivity index (χ0n) is 17.5. The topological polar surface area (TPSA) is 111 Å². The molecule has 1 aliphatic rings. The molecule has 0 bridgehead atoms. The van der Waals surface area contributed by atoms with E-state index in [1.165, 1.54) is 38.3 Å². The van der Waals surface area contributed by atoms with E-state index in [2.05, 4.69) is 4.72 Å². The highest BCUT2D eigenvalue weighted by Gasteiger charge is 2.27. The minimum atomic E-state index is -4.10. The second-order valence-electron chi connectivity index (χ2n) is 6.96. The van der Waals surface area contributed by atoms with Gasteiger partial charge in [0.2, 0.25) is 0 Å². The molecular formula is C21H23ClN2O7S. The van der Waals surface area contributed by atoms with Crippen LogP contribution in [0.15, 0.2) is 47.4 Å². The fourth-order valence-electron chi connectivity index (χ4n) is 3.03. The van der Waals surface area contributed by atoms with Gasteiger partial charge >= 0.3 is 5.97 Å². The van der Waals surface area contributed by atoms with Crippen LogP contribution in [0.5, 0.6) is 5.75 Å². The van der Waals surface area contributed by atoms with Crippen LogP contribution in [0.4, 0.5) is 5.69 Å². The van der Waals surface area contributed by atoms with Gasteiger partial charge in [0, 0.05) is 18.8 Å². The van der Waals surface area contributed by atoms with Crippen molar-refractivity contribution in [2.24, 2.45) is 0 Å². The van der Waals surface area contributed by atoms with Crippen molar-refractivity contribution in [3.63, 3.8) is 0 Å². The van der Waals surface area contributed by atoms with Crippen LogP contribution in [0.3, 0.4) is 0 Å². The van der Waals surface area contributed by atoms with Crippen LogP contribution in [0.25, 0.3) is 0 Å². The molecule has 0 unspecified atom stereocenters. The van der Waals surface area contributed by atoms with Gasteiger partial charge in [0.05, 0.1) is 30.9 Å². The third kappa shape index (κ3) is 5.70. The molecule has 1 N–H and O–H groups in total. The summed E-state index contributed by atoms with van der Waals surface area (Å²) in [7, 11) is -2.60. The summed E-state index contributed by atoms with van der Waals surface area (Å²) in [5.41, 5.74) is 0.241. The van der Waals surface area contributed by atoms with E-state index in [1.54, 1.807) is 17.0 Å². The lowest BCUT2D eigenvalue weighted by Crippen LogP contribution is -2.46. The third-order valence-corrected chi connectivity index (χ3v) is 6.62. The molecule has 2 aromatic rings. The summed E-state index contributed by atoms with van der Waals surface area (Å²) in [6.45, 7) is 3.15. The molecule has 1 amide bonds. The predicted octanol–water partition coefficient (Wildman–Crippen LogP) is 2.55. The fraction of sp³-hybridized carbons (Fsp3) is 0.333. The van der Waals surface area contributed by atoms with Gasteiger partial charge in [0.1, 0.15) is 10.6 Å². The van der Waals surface area contributed by atoms with Crippen LogP contribution in [0.2, 0.25) is 5.02 Å². The number of hydrogen-bond acceptors (Lipinski definition) is 7. The first-order valence-corrected chi connectivity index (χ1v) is 11.6. The summed E-state index contributed by atoms with van der Waals surface area (Å²) in [5.74, 6) is -0.613. The number of sulfonamides is 1. The van der Waals surface area contributed by atoms with Crippen molar-refractivity contribution in [3.05, 3.63) is 53.1 Å². The lowest BCUT2D eigenvalue weighted by Gasteiger charge is -2.29. The summed E-state index contributed by atoms with van der Waals surface area (Å²) >= 11 is 6.09. The molecule has 9 nitrogen and oxygen atoms in total. The van der Waals surface area contributed by atoms with Crippen molar-refractivity contribution in [1.82, 2.24) is 4.90 Å². The number of morpholine rings is 1. The molecule has 172 valence electrons. The Bertz CT molecular complexity index is 1080. The van der Waals surface area contributed by atoms with Crippen molar-refractivity contribution < 1.29 is 32.2 Å². The highest BCUT2D eigenvalue weighted by Crippen LogP contribution is 2.26. The van der Waals surface area contributed by atoms with E-state index in [-0.39, 0.29) is 21.4 Å². The molecule has 0 spiro atoms. The van der Waals surface area contributed by atoms with Gasteiger partial charge in [0.15, 0.2) is 6.10 Å². The van der Waals surface area contributed by atoms with Gasteiger partial charge in [-0.05, 0) is 49.4 Å². The molecule has 0 aliphatic carbocycles. The molecule has 0 saturated carbocycles. The first-order valence-electron chi connectivity index (χ1n) is 9.75. The highest BCUT2D eigenvalue weighted by atomic mass is 35.5. The van der Waals surface area contributed by atoms with Crippen molar-refractivity contribution in [1.29, 1.82) is 0 Å². The predicted molar refractivity (Wildman–Crippen MR) is 118 cm³/mol. The Morgan fingerprint density at radius 2 is 1.78 bits per heavy atom. The Hall–Kier alpha value is -2.82. The number of ether oxygens (including phenoxy) is 3. The minimum Gasteiger partial charge on any atom is -0.497 e. The van der Waals surface area contributed by atoms with Crippen LogP contribution in [-0.4, -0.2) is 64.7 Å². The van der Waals surface area contributed by atoms with Crippen molar-refractivity contribution in [2.45, 2.75) is 17.9 Å². The molecule has 1 aliphatic heterocycles. The zero-order chi connectivity index (χ0) is 23.3. The van der Waals surface area contributed by atoms with E-state index in [1.807, 2.05) is 0 Å². The molecule has 32 heavy (non-hydrogen) atoms. The summed E-state index contributed by atoms with van der Waals surface area (Å²) in [5, 5.41) is -0.0694. The summed E-state index contributed by atoms with van der Waals surface area (Å²) in [6.07, 6.45) is -1.03. The summed E-state index contributed by atoms with van der Waals surface area (Å²) in [4.78, 5) is 26.3. The minimum absolute atomic E-state index is 0.0499. The average Bonchev–Trinajstić information content (AvgIpc) is 2.79. The second kappa shape index (κ2) is 10.2. The molecule has 11 heteroatoms. The Labute approximate surface area is 191 Å². The van der Waals surface area contributed by atoms with Crippen molar-refractivity contribution >= 4 is 39.2 Å². The van der Waals surface area contributed by atoms with Crippen LogP contribution in [-0.2, 0) is 24.3 Å². The van der Waals surface area contributed by atoms with Crippen LogP contribution < -0.4 is 9.46 Å². The van der Waals surface area contributed by atoms with Crippen LogP contribution >= 0.6 is 11.6 Å². The number of carbonyl (C=O) groups is 2. The molecule has 0 radical (unpaired) electrons. The molecule has 1 saturated heterocycles. The van der Waals surface area contributed by atoms with Gasteiger partial charge < -0.3 is 19.1 Å². The molecule has 1 fully saturated rings. The van der Waals surface area contributed by atoms with E-state index >= 15 is 0 Å². The highest BCUT2D eigenvalue weighted by molar-refractivity contribution is 7.92. The van der Waals surface area contributed by atoms with E-state index in [4.69, 9.17) is 25.8 Å².